The lowest BCUT2D eigenvalue weighted by atomic mass is 9.89. The third-order valence-corrected chi connectivity index (χ3v) is 4.45. The molecule has 0 amide bonds. The Kier molecular flexibility index (Phi) is 6.74. The fourth-order valence-electron chi connectivity index (χ4n) is 2.27. The van der Waals surface area contributed by atoms with Crippen molar-refractivity contribution in [1.82, 2.24) is 9.97 Å². The minimum Gasteiger partial charge on any atom is -0.454 e. The molecule has 7 nitrogen and oxygen atoms in total. The lowest BCUT2D eigenvalue weighted by molar-refractivity contribution is -0.0944. The normalized spacial score (nSPS) is 11.6. The summed E-state index contributed by atoms with van der Waals surface area (Å²) < 4.78 is 5.96. The topological polar surface area (TPSA) is 116 Å². The van der Waals surface area contributed by atoms with Gasteiger partial charge in [-0.15, -0.1) is 0 Å². The largest absolute Gasteiger partial charge is 0.631 e. The molecule has 0 saturated carbocycles. The first-order valence-electron chi connectivity index (χ1n) is 8.79. The Labute approximate surface area is 164 Å². The highest BCUT2D eigenvalue weighted by Crippen LogP contribution is 2.31. The summed E-state index contributed by atoms with van der Waals surface area (Å²) in [5.74, 6) is 0. The molecule has 0 aliphatic carbocycles. The summed E-state index contributed by atoms with van der Waals surface area (Å²) >= 11 is 0. The van der Waals surface area contributed by atoms with Crippen LogP contribution in [0.4, 0.5) is 0 Å². The average Bonchev–Trinajstić information content (AvgIpc) is 2.60. The van der Waals surface area contributed by atoms with Crippen molar-refractivity contribution < 1.29 is 24.9 Å². The zero-order valence-electron chi connectivity index (χ0n) is 16.4. The molecule has 0 spiro atoms. The van der Waals surface area contributed by atoms with Gasteiger partial charge in [0.25, 0.3) is 0 Å². The lowest BCUT2D eigenvalue weighted by Crippen LogP contribution is -2.50. The van der Waals surface area contributed by atoms with Crippen LogP contribution in [0, 0.1) is 0 Å². The average molecular weight is 384 g/mol. The summed E-state index contributed by atoms with van der Waals surface area (Å²) in [6.07, 6.45) is 0. The number of aromatic nitrogens is 2. The molecule has 0 radical (unpaired) electrons. The van der Waals surface area contributed by atoms with Crippen LogP contribution in [-0.2, 0) is 0 Å². The van der Waals surface area contributed by atoms with Crippen LogP contribution in [0.5, 0.6) is 6.01 Å². The van der Waals surface area contributed by atoms with Gasteiger partial charge in [-0.2, -0.15) is 9.97 Å². The first-order valence-corrected chi connectivity index (χ1v) is 8.79. The fourth-order valence-corrected chi connectivity index (χ4v) is 2.27. The van der Waals surface area contributed by atoms with E-state index in [4.69, 9.17) is 19.8 Å². The van der Waals surface area contributed by atoms with Crippen LogP contribution in [0.3, 0.4) is 0 Å². The number of benzene rings is 2. The van der Waals surface area contributed by atoms with Crippen LogP contribution in [0.1, 0.15) is 27.7 Å². The van der Waals surface area contributed by atoms with E-state index in [2.05, 4.69) is 9.97 Å². The van der Waals surface area contributed by atoms with Gasteiger partial charge in [-0.1, -0.05) is 48.5 Å². The molecule has 0 atom stereocenters. The zero-order valence-corrected chi connectivity index (χ0v) is 16.4. The van der Waals surface area contributed by atoms with Gasteiger partial charge in [0.15, 0.2) is 0 Å². The van der Waals surface area contributed by atoms with E-state index in [1.54, 1.807) is 13.8 Å². The Morgan fingerprint density at radius 1 is 0.821 bits per heavy atom. The van der Waals surface area contributed by atoms with Gasteiger partial charge >= 0.3 is 13.3 Å². The number of rotatable bonds is 4. The van der Waals surface area contributed by atoms with Gasteiger partial charge in [0, 0.05) is 10.9 Å². The number of ether oxygens (including phenoxy) is 1. The van der Waals surface area contributed by atoms with Crippen molar-refractivity contribution in [2.75, 3.05) is 0 Å². The molecule has 0 unspecified atom stereocenters. The van der Waals surface area contributed by atoms with Crippen molar-refractivity contribution in [1.29, 1.82) is 0 Å². The molecule has 1 aromatic heterocycles. The van der Waals surface area contributed by atoms with Crippen LogP contribution in [0.2, 0.25) is 0 Å². The standard InChI is InChI=1S/C20H22N2O2.BH3O3/c1-19(2,23)20(3,4)24-18-21-16-13-9-8-12-15(16)17(22-18)14-10-6-5-7-11-14;2-1(3)4/h5-13,23H,1-4H3;2-4H. The molecular weight excluding hydrogens is 359 g/mol. The minimum atomic E-state index is -2.17. The number of fused-ring (bicyclic) bond motifs is 1. The highest BCUT2D eigenvalue weighted by molar-refractivity contribution is 6.30. The molecule has 0 aliphatic heterocycles. The Morgan fingerprint density at radius 2 is 1.36 bits per heavy atom. The maximum absolute atomic E-state index is 10.3. The van der Waals surface area contributed by atoms with Crippen molar-refractivity contribution in [2.24, 2.45) is 0 Å². The molecular formula is C20H25BN2O5. The SMILES string of the molecule is CC(C)(O)C(C)(C)Oc1nc(-c2ccccc2)c2ccccc2n1.OB(O)O. The second-order valence-corrected chi connectivity index (χ2v) is 7.26. The number of hydrogen-bond acceptors (Lipinski definition) is 7. The Bertz CT molecular complexity index is 909. The summed E-state index contributed by atoms with van der Waals surface area (Å²) in [6, 6.07) is 18.1. The minimum absolute atomic E-state index is 0.264. The first-order chi connectivity index (χ1) is 13.0. The molecule has 3 rings (SSSR count). The summed E-state index contributed by atoms with van der Waals surface area (Å²) in [6.45, 7) is 7.08. The van der Waals surface area contributed by atoms with Crippen LogP contribution in [0.15, 0.2) is 54.6 Å². The molecule has 0 fully saturated rings. The summed E-state index contributed by atoms with van der Waals surface area (Å²) in [7, 11) is -2.17. The second-order valence-electron chi connectivity index (χ2n) is 7.26. The van der Waals surface area contributed by atoms with E-state index in [0.29, 0.717) is 0 Å². The molecule has 0 bridgehead atoms. The van der Waals surface area contributed by atoms with Gasteiger partial charge in [-0.25, -0.2) is 0 Å². The Hall–Kier alpha value is -2.52. The van der Waals surface area contributed by atoms with Crippen LogP contribution >= 0.6 is 0 Å². The summed E-state index contributed by atoms with van der Waals surface area (Å²) in [5.41, 5.74) is 0.774. The molecule has 0 saturated heterocycles. The van der Waals surface area contributed by atoms with Gasteiger partial charge in [-0.05, 0) is 33.8 Å². The molecule has 0 aliphatic rings. The third kappa shape index (κ3) is 5.49. The fraction of sp³-hybridized carbons (Fsp3) is 0.300. The van der Waals surface area contributed by atoms with Crippen molar-refractivity contribution in [3.8, 4) is 17.3 Å². The second kappa shape index (κ2) is 8.66. The van der Waals surface area contributed by atoms with Gasteiger partial charge in [0.2, 0.25) is 0 Å². The molecule has 8 heteroatoms. The molecule has 28 heavy (non-hydrogen) atoms. The van der Waals surface area contributed by atoms with Gasteiger partial charge in [-0.3, -0.25) is 0 Å². The molecule has 148 valence electrons. The van der Waals surface area contributed by atoms with Crippen LogP contribution in [-0.4, -0.2) is 48.7 Å². The molecule has 3 aromatic rings. The third-order valence-electron chi connectivity index (χ3n) is 4.45. The van der Waals surface area contributed by atoms with Crippen LogP contribution in [0.25, 0.3) is 22.2 Å². The maximum atomic E-state index is 10.3. The molecule has 4 N–H and O–H groups in total. The molecule has 2 aromatic carbocycles. The number of aliphatic hydroxyl groups is 1. The van der Waals surface area contributed by atoms with Crippen LogP contribution < -0.4 is 4.74 Å². The van der Waals surface area contributed by atoms with E-state index in [-0.39, 0.29) is 6.01 Å². The smallest absolute Gasteiger partial charge is 0.454 e. The Balaban J connectivity index is 0.000000640. The summed E-state index contributed by atoms with van der Waals surface area (Å²) in [4.78, 5) is 9.14. The van der Waals surface area contributed by atoms with Gasteiger partial charge in [0.1, 0.15) is 5.60 Å². The maximum Gasteiger partial charge on any atom is 0.631 e. The van der Waals surface area contributed by atoms with Crippen molar-refractivity contribution in [2.45, 2.75) is 38.9 Å². The molecule has 1 heterocycles. The van der Waals surface area contributed by atoms with Crippen molar-refractivity contribution in [3.63, 3.8) is 0 Å². The quantitative estimate of drug-likeness (QED) is 0.510. The van der Waals surface area contributed by atoms with E-state index in [9.17, 15) is 5.11 Å². The predicted molar refractivity (Wildman–Crippen MR) is 108 cm³/mol. The van der Waals surface area contributed by atoms with Crippen molar-refractivity contribution >= 4 is 18.2 Å². The van der Waals surface area contributed by atoms with E-state index in [1.807, 2.05) is 68.4 Å². The Morgan fingerprint density at radius 3 is 1.93 bits per heavy atom. The predicted octanol–water partition coefficient (Wildman–Crippen LogP) is 2.17. The van der Waals surface area contributed by atoms with E-state index >= 15 is 0 Å². The van der Waals surface area contributed by atoms with E-state index in [1.165, 1.54) is 0 Å². The highest BCUT2D eigenvalue weighted by atomic mass is 16.5. The zero-order chi connectivity index (χ0) is 20.9. The number of hydrogen-bond donors (Lipinski definition) is 4. The van der Waals surface area contributed by atoms with E-state index < -0.39 is 18.5 Å². The van der Waals surface area contributed by atoms with Gasteiger partial charge < -0.3 is 24.9 Å². The summed E-state index contributed by atoms with van der Waals surface area (Å²) in [5, 5.41) is 32.8. The van der Waals surface area contributed by atoms with Gasteiger partial charge in [0.05, 0.1) is 16.8 Å². The lowest BCUT2D eigenvalue weighted by Gasteiger charge is -2.36. The van der Waals surface area contributed by atoms with Crippen molar-refractivity contribution in [3.05, 3.63) is 54.6 Å². The highest BCUT2D eigenvalue weighted by Gasteiger charge is 2.38. The monoisotopic (exact) mass is 384 g/mol. The van der Waals surface area contributed by atoms with E-state index in [0.717, 1.165) is 22.2 Å². The number of nitrogens with zero attached hydrogens (tertiary/aromatic N) is 2. The number of para-hydroxylation sites is 1. The first kappa shape index (κ1) is 21.8.